The topological polar surface area (TPSA) is 42.1 Å². The molecule has 110 valence electrons. The van der Waals surface area contributed by atoms with Crippen LogP contribution in [0.4, 0.5) is 5.82 Å². The van der Waals surface area contributed by atoms with E-state index in [1.54, 1.807) is 0 Å². The Bertz CT molecular complexity index is 669. The molecule has 2 heterocycles. The van der Waals surface area contributed by atoms with Crippen molar-refractivity contribution in [2.45, 2.75) is 31.7 Å². The van der Waals surface area contributed by atoms with E-state index in [1.165, 1.54) is 25.7 Å². The molecule has 1 aliphatic heterocycles. The van der Waals surface area contributed by atoms with Crippen LogP contribution >= 0.6 is 11.6 Å². The maximum atomic E-state index is 6.02. The summed E-state index contributed by atoms with van der Waals surface area (Å²) in [6.07, 6.45) is 4.93. The van der Waals surface area contributed by atoms with Crippen LogP contribution in [-0.2, 0) is 0 Å². The van der Waals surface area contributed by atoms with Crippen LogP contribution < -0.4 is 10.6 Å². The van der Waals surface area contributed by atoms with E-state index in [2.05, 4.69) is 17.0 Å². The second-order valence-electron chi connectivity index (χ2n) is 6.66. The number of hydrogen-bond acceptors (Lipinski definition) is 3. The highest BCUT2D eigenvalue weighted by atomic mass is 35.5. The third kappa shape index (κ3) is 2.39. The summed E-state index contributed by atoms with van der Waals surface area (Å²) in [5, 5.41) is 1.86. The molecule has 0 amide bonds. The van der Waals surface area contributed by atoms with Gasteiger partial charge in [-0.15, -0.1) is 0 Å². The lowest BCUT2D eigenvalue weighted by Crippen LogP contribution is -2.52. The van der Waals surface area contributed by atoms with Crippen molar-refractivity contribution in [1.29, 1.82) is 0 Å². The number of hydrogen-bond donors (Lipinski definition) is 1. The highest BCUT2D eigenvalue weighted by Gasteiger charge is 2.44. The zero-order chi connectivity index (χ0) is 14.4. The first-order chi connectivity index (χ1) is 10.1. The van der Waals surface area contributed by atoms with Crippen LogP contribution in [0.15, 0.2) is 30.3 Å². The third-order valence-corrected chi connectivity index (χ3v) is 5.41. The van der Waals surface area contributed by atoms with Crippen molar-refractivity contribution in [2.75, 3.05) is 18.0 Å². The van der Waals surface area contributed by atoms with Gasteiger partial charge in [0.05, 0.1) is 5.52 Å². The molecule has 2 N–H and O–H groups in total. The predicted octanol–water partition coefficient (Wildman–Crippen LogP) is 3.60. The first-order valence-electron chi connectivity index (χ1n) is 7.71. The molecule has 1 saturated heterocycles. The Hall–Kier alpha value is -1.32. The third-order valence-electron chi connectivity index (χ3n) is 5.18. The zero-order valence-electron chi connectivity index (χ0n) is 12.1. The molecule has 4 rings (SSSR count). The highest BCUT2D eigenvalue weighted by molar-refractivity contribution is 6.31. The molecule has 0 unspecified atom stereocenters. The standard InChI is InChI=1S/C17H20ClN3/c18-13-2-3-15-12(9-13)1-4-16(20-15)21-7-5-17(6-8-21)10-14(19)11-17/h1-4,9,14H,5-8,10-11,19H2. The zero-order valence-corrected chi connectivity index (χ0v) is 12.8. The van der Waals surface area contributed by atoms with Crippen molar-refractivity contribution >= 4 is 28.3 Å². The molecule has 3 nitrogen and oxygen atoms in total. The van der Waals surface area contributed by atoms with Gasteiger partial charge in [0.2, 0.25) is 0 Å². The Kier molecular flexibility index (Phi) is 3.09. The van der Waals surface area contributed by atoms with Crippen LogP contribution in [0.5, 0.6) is 0 Å². The average molecular weight is 302 g/mol. The van der Waals surface area contributed by atoms with E-state index in [4.69, 9.17) is 22.3 Å². The number of fused-ring (bicyclic) bond motifs is 1. The molecule has 0 radical (unpaired) electrons. The van der Waals surface area contributed by atoms with Gasteiger partial charge in [0.15, 0.2) is 0 Å². The van der Waals surface area contributed by atoms with Crippen LogP contribution in [0.3, 0.4) is 0 Å². The summed E-state index contributed by atoms with van der Waals surface area (Å²) in [7, 11) is 0. The predicted molar refractivity (Wildman–Crippen MR) is 87.8 cm³/mol. The van der Waals surface area contributed by atoms with E-state index in [9.17, 15) is 0 Å². The van der Waals surface area contributed by atoms with E-state index in [1.807, 2.05) is 18.2 Å². The monoisotopic (exact) mass is 301 g/mol. The molecular weight excluding hydrogens is 282 g/mol. The van der Waals surface area contributed by atoms with Gasteiger partial charge in [-0.25, -0.2) is 4.98 Å². The molecule has 21 heavy (non-hydrogen) atoms. The average Bonchev–Trinajstić information content (AvgIpc) is 2.46. The van der Waals surface area contributed by atoms with Crippen LogP contribution in [0.25, 0.3) is 10.9 Å². The van der Waals surface area contributed by atoms with E-state index in [0.717, 1.165) is 34.8 Å². The minimum absolute atomic E-state index is 0.445. The maximum Gasteiger partial charge on any atom is 0.129 e. The van der Waals surface area contributed by atoms with Gasteiger partial charge in [-0.1, -0.05) is 11.6 Å². The molecule has 1 aliphatic carbocycles. The minimum atomic E-state index is 0.445. The smallest absolute Gasteiger partial charge is 0.129 e. The fourth-order valence-corrected chi connectivity index (χ4v) is 4.11. The first-order valence-corrected chi connectivity index (χ1v) is 8.08. The molecule has 2 fully saturated rings. The lowest BCUT2D eigenvalue weighted by molar-refractivity contribution is 0.0711. The summed E-state index contributed by atoms with van der Waals surface area (Å²) in [5.41, 5.74) is 7.53. The normalized spacial score (nSPS) is 21.7. The van der Waals surface area contributed by atoms with Crippen LogP contribution in [0.1, 0.15) is 25.7 Å². The maximum absolute atomic E-state index is 6.02. The number of halogens is 1. The molecule has 1 spiro atoms. The fraction of sp³-hybridized carbons (Fsp3) is 0.471. The lowest BCUT2D eigenvalue weighted by atomic mass is 9.61. The number of benzene rings is 1. The number of rotatable bonds is 1. The number of pyridine rings is 1. The molecule has 1 aromatic heterocycles. The molecule has 1 aromatic carbocycles. The van der Waals surface area contributed by atoms with Crippen molar-refractivity contribution in [3.63, 3.8) is 0 Å². The Labute approximate surface area is 130 Å². The number of piperidine rings is 1. The number of nitrogens with two attached hydrogens (primary N) is 1. The van der Waals surface area contributed by atoms with Crippen molar-refractivity contribution in [2.24, 2.45) is 11.1 Å². The number of nitrogens with zero attached hydrogens (tertiary/aromatic N) is 2. The van der Waals surface area contributed by atoms with Crippen LogP contribution in [-0.4, -0.2) is 24.1 Å². The van der Waals surface area contributed by atoms with E-state index < -0.39 is 0 Å². The minimum Gasteiger partial charge on any atom is -0.357 e. The molecule has 0 atom stereocenters. The van der Waals surface area contributed by atoms with Gasteiger partial charge in [0, 0.05) is 29.5 Å². The number of aromatic nitrogens is 1. The van der Waals surface area contributed by atoms with Crippen molar-refractivity contribution in [3.8, 4) is 0 Å². The van der Waals surface area contributed by atoms with Crippen molar-refractivity contribution < 1.29 is 0 Å². The van der Waals surface area contributed by atoms with Gasteiger partial charge in [0.25, 0.3) is 0 Å². The molecule has 4 heteroatoms. The largest absolute Gasteiger partial charge is 0.357 e. The van der Waals surface area contributed by atoms with Crippen molar-refractivity contribution in [1.82, 2.24) is 4.98 Å². The SMILES string of the molecule is NC1CC2(CCN(c3ccc4cc(Cl)ccc4n3)CC2)C1. The molecule has 2 aromatic rings. The van der Waals surface area contributed by atoms with E-state index in [0.29, 0.717) is 11.5 Å². The summed E-state index contributed by atoms with van der Waals surface area (Å²) < 4.78 is 0. The van der Waals surface area contributed by atoms with Gasteiger partial charge < -0.3 is 10.6 Å². The highest BCUT2D eigenvalue weighted by Crippen LogP contribution is 2.48. The lowest BCUT2D eigenvalue weighted by Gasteiger charge is -2.51. The van der Waals surface area contributed by atoms with Gasteiger partial charge in [-0.3, -0.25) is 0 Å². The Morgan fingerprint density at radius 1 is 1.14 bits per heavy atom. The molecule has 2 aliphatic rings. The summed E-state index contributed by atoms with van der Waals surface area (Å²) >= 11 is 6.02. The number of anilines is 1. The summed E-state index contributed by atoms with van der Waals surface area (Å²) in [6.45, 7) is 2.19. The molecule has 1 saturated carbocycles. The molecule has 0 bridgehead atoms. The molecular formula is C17H20ClN3. The fourth-order valence-electron chi connectivity index (χ4n) is 3.93. The van der Waals surface area contributed by atoms with Crippen molar-refractivity contribution in [3.05, 3.63) is 35.4 Å². The first kappa shape index (κ1) is 13.4. The second kappa shape index (κ2) is 4.85. The van der Waals surface area contributed by atoms with E-state index in [-0.39, 0.29) is 0 Å². The second-order valence-corrected chi connectivity index (χ2v) is 7.10. The summed E-state index contributed by atoms with van der Waals surface area (Å²) in [4.78, 5) is 7.20. The van der Waals surface area contributed by atoms with Crippen LogP contribution in [0, 0.1) is 5.41 Å². The Balaban J connectivity index is 1.53. The Morgan fingerprint density at radius 2 is 1.90 bits per heavy atom. The summed E-state index contributed by atoms with van der Waals surface area (Å²) in [5.74, 6) is 1.09. The van der Waals surface area contributed by atoms with Gasteiger partial charge in [-0.05, 0) is 61.4 Å². The Morgan fingerprint density at radius 3 is 2.62 bits per heavy atom. The quantitative estimate of drug-likeness (QED) is 0.875. The van der Waals surface area contributed by atoms with E-state index >= 15 is 0 Å². The van der Waals surface area contributed by atoms with Gasteiger partial charge in [-0.2, -0.15) is 0 Å². The van der Waals surface area contributed by atoms with Crippen LogP contribution in [0.2, 0.25) is 5.02 Å². The summed E-state index contributed by atoms with van der Waals surface area (Å²) in [6, 6.07) is 10.5. The van der Waals surface area contributed by atoms with Gasteiger partial charge >= 0.3 is 0 Å². The van der Waals surface area contributed by atoms with Gasteiger partial charge in [0.1, 0.15) is 5.82 Å².